The average molecular weight is 346 g/mol. The minimum Gasteiger partial charge on any atom is -0.493 e. The van der Waals surface area contributed by atoms with Crippen molar-refractivity contribution in [1.82, 2.24) is 9.80 Å². The van der Waals surface area contributed by atoms with Crippen LogP contribution in [0.4, 0.5) is 0 Å². The number of hydrogen-bond donors (Lipinski definition) is 0. The first-order chi connectivity index (χ1) is 12.2. The van der Waals surface area contributed by atoms with Crippen LogP contribution in [0, 0.1) is 0 Å². The number of amides is 1. The van der Waals surface area contributed by atoms with Crippen LogP contribution in [0.15, 0.2) is 18.2 Å². The summed E-state index contributed by atoms with van der Waals surface area (Å²) in [5.74, 6) is 1.38. The van der Waals surface area contributed by atoms with Crippen LogP contribution in [0.25, 0.3) is 0 Å². The van der Waals surface area contributed by atoms with Gasteiger partial charge in [0.1, 0.15) is 0 Å². The van der Waals surface area contributed by atoms with E-state index in [1.807, 2.05) is 12.1 Å². The zero-order valence-corrected chi connectivity index (χ0v) is 15.5. The zero-order chi connectivity index (χ0) is 17.6. The van der Waals surface area contributed by atoms with Crippen molar-refractivity contribution >= 4 is 5.91 Å². The van der Waals surface area contributed by atoms with E-state index in [0.29, 0.717) is 23.1 Å². The number of carbonyl (C=O) groups is 1. The summed E-state index contributed by atoms with van der Waals surface area (Å²) in [7, 11) is 3.21. The van der Waals surface area contributed by atoms with Crippen LogP contribution >= 0.6 is 0 Å². The maximum absolute atomic E-state index is 13.1. The van der Waals surface area contributed by atoms with Gasteiger partial charge in [0.15, 0.2) is 11.5 Å². The quantitative estimate of drug-likeness (QED) is 0.793. The number of nitrogens with zero attached hydrogens (tertiary/aromatic N) is 2. The summed E-state index contributed by atoms with van der Waals surface area (Å²) in [4.78, 5) is 17.7. The fourth-order valence-electron chi connectivity index (χ4n) is 4.04. The minimum atomic E-state index is 0.118. The molecular formula is C20H30N2O3. The zero-order valence-electron chi connectivity index (χ0n) is 15.5. The van der Waals surface area contributed by atoms with E-state index in [9.17, 15) is 4.79 Å². The second-order valence-corrected chi connectivity index (χ2v) is 7.06. The predicted octanol–water partition coefficient (Wildman–Crippen LogP) is 3.18. The minimum absolute atomic E-state index is 0.118. The Balaban J connectivity index is 1.69. The van der Waals surface area contributed by atoms with Crippen LogP contribution in [0.5, 0.6) is 11.5 Å². The highest BCUT2D eigenvalue weighted by molar-refractivity contribution is 5.95. The second-order valence-electron chi connectivity index (χ2n) is 7.06. The summed E-state index contributed by atoms with van der Waals surface area (Å²) in [5, 5.41) is 0. The molecule has 1 aromatic carbocycles. The average Bonchev–Trinajstić information content (AvgIpc) is 3.19. The SMILES string of the molecule is COc1ccc(C(=O)N2CCCC[C@H]2CCN2CCCC2)cc1OC. The predicted molar refractivity (Wildman–Crippen MR) is 98.5 cm³/mol. The first kappa shape index (κ1) is 18.1. The Labute approximate surface area is 150 Å². The van der Waals surface area contributed by atoms with Crippen molar-refractivity contribution in [3.63, 3.8) is 0 Å². The van der Waals surface area contributed by atoms with Crippen LogP contribution in [0.3, 0.4) is 0 Å². The van der Waals surface area contributed by atoms with Crippen molar-refractivity contribution < 1.29 is 14.3 Å². The fraction of sp³-hybridized carbons (Fsp3) is 0.650. The van der Waals surface area contributed by atoms with Gasteiger partial charge < -0.3 is 19.3 Å². The van der Waals surface area contributed by atoms with E-state index in [0.717, 1.165) is 32.4 Å². The van der Waals surface area contributed by atoms with Crippen molar-refractivity contribution in [1.29, 1.82) is 0 Å². The number of benzene rings is 1. The number of piperidine rings is 1. The number of rotatable bonds is 6. The molecule has 5 nitrogen and oxygen atoms in total. The van der Waals surface area contributed by atoms with E-state index in [4.69, 9.17) is 9.47 Å². The van der Waals surface area contributed by atoms with Crippen molar-refractivity contribution in [2.45, 2.75) is 44.6 Å². The van der Waals surface area contributed by atoms with E-state index in [-0.39, 0.29) is 5.91 Å². The van der Waals surface area contributed by atoms with Gasteiger partial charge in [-0.1, -0.05) is 0 Å². The molecule has 0 bridgehead atoms. The molecule has 2 heterocycles. The molecule has 0 unspecified atom stereocenters. The third kappa shape index (κ3) is 4.27. The molecule has 0 aliphatic carbocycles. The smallest absolute Gasteiger partial charge is 0.254 e. The molecule has 0 radical (unpaired) electrons. The van der Waals surface area contributed by atoms with Crippen LogP contribution in [0.1, 0.15) is 48.9 Å². The molecule has 3 rings (SSSR count). The van der Waals surface area contributed by atoms with Crippen LogP contribution in [0.2, 0.25) is 0 Å². The normalized spacial score (nSPS) is 21.4. The molecule has 2 saturated heterocycles. The number of ether oxygens (including phenoxy) is 2. The van der Waals surface area contributed by atoms with E-state index >= 15 is 0 Å². The highest BCUT2D eigenvalue weighted by Crippen LogP contribution is 2.29. The maximum atomic E-state index is 13.1. The summed E-state index contributed by atoms with van der Waals surface area (Å²) in [6.07, 6.45) is 7.16. The van der Waals surface area contributed by atoms with Gasteiger partial charge in [-0.3, -0.25) is 4.79 Å². The van der Waals surface area contributed by atoms with E-state index < -0.39 is 0 Å². The lowest BCUT2D eigenvalue weighted by Crippen LogP contribution is -2.45. The molecule has 2 aliphatic rings. The summed E-state index contributed by atoms with van der Waals surface area (Å²) in [6, 6.07) is 5.81. The second kappa shape index (κ2) is 8.56. The molecule has 2 aliphatic heterocycles. The van der Waals surface area contributed by atoms with Crippen molar-refractivity contribution in [2.24, 2.45) is 0 Å². The highest BCUT2D eigenvalue weighted by Gasteiger charge is 2.28. The summed E-state index contributed by atoms with van der Waals surface area (Å²) < 4.78 is 10.6. The molecule has 0 spiro atoms. The molecule has 0 N–H and O–H groups in total. The number of likely N-dealkylation sites (tertiary alicyclic amines) is 2. The molecule has 0 aromatic heterocycles. The van der Waals surface area contributed by atoms with Gasteiger partial charge in [-0.15, -0.1) is 0 Å². The standard InChI is InChI=1S/C20H30N2O3/c1-24-18-9-8-16(15-19(18)25-2)20(23)22-13-4-3-7-17(22)10-14-21-11-5-6-12-21/h8-9,15,17H,3-7,10-14H2,1-2H3/t17-/m0/s1. The highest BCUT2D eigenvalue weighted by atomic mass is 16.5. The topological polar surface area (TPSA) is 42.0 Å². The van der Waals surface area contributed by atoms with Gasteiger partial charge >= 0.3 is 0 Å². The van der Waals surface area contributed by atoms with Crippen LogP contribution in [-0.2, 0) is 0 Å². The van der Waals surface area contributed by atoms with Gasteiger partial charge in [-0.05, 0) is 69.8 Å². The lowest BCUT2D eigenvalue weighted by molar-refractivity contribution is 0.0587. The molecule has 1 aromatic rings. The summed E-state index contributed by atoms with van der Waals surface area (Å²) in [5.41, 5.74) is 0.686. The van der Waals surface area contributed by atoms with Crippen molar-refractivity contribution in [2.75, 3.05) is 40.4 Å². The largest absolute Gasteiger partial charge is 0.493 e. The van der Waals surface area contributed by atoms with Gasteiger partial charge in [-0.25, -0.2) is 0 Å². The van der Waals surface area contributed by atoms with Gasteiger partial charge in [0.2, 0.25) is 0 Å². The van der Waals surface area contributed by atoms with Gasteiger partial charge in [0.05, 0.1) is 14.2 Å². The van der Waals surface area contributed by atoms with Gasteiger partial charge in [-0.2, -0.15) is 0 Å². The first-order valence-corrected chi connectivity index (χ1v) is 9.48. The third-order valence-electron chi connectivity index (χ3n) is 5.50. The number of methoxy groups -OCH3 is 2. The summed E-state index contributed by atoms with van der Waals surface area (Å²) in [6.45, 7) is 4.41. The van der Waals surface area contributed by atoms with E-state index in [2.05, 4.69) is 9.80 Å². The molecule has 1 amide bonds. The fourth-order valence-corrected chi connectivity index (χ4v) is 4.04. The first-order valence-electron chi connectivity index (χ1n) is 9.48. The lowest BCUT2D eigenvalue weighted by Gasteiger charge is -2.37. The van der Waals surface area contributed by atoms with Crippen molar-refractivity contribution in [3.8, 4) is 11.5 Å². The lowest BCUT2D eigenvalue weighted by atomic mass is 9.98. The number of carbonyl (C=O) groups excluding carboxylic acids is 1. The van der Waals surface area contributed by atoms with Crippen molar-refractivity contribution in [3.05, 3.63) is 23.8 Å². The molecule has 25 heavy (non-hydrogen) atoms. The molecule has 5 heteroatoms. The Kier molecular flexibility index (Phi) is 6.19. The monoisotopic (exact) mass is 346 g/mol. The molecule has 2 fully saturated rings. The number of hydrogen-bond acceptors (Lipinski definition) is 4. The Morgan fingerprint density at radius 2 is 1.76 bits per heavy atom. The van der Waals surface area contributed by atoms with Gasteiger partial charge in [0, 0.05) is 24.7 Å². The summed E-state index contributed by atoms with van der Waals surface area (Å²) >= 11 is 0. The Hall–Kier alpha value is -1.75. The molecular weight excluding hydrogens is 316 g/mol. The van der Waals surface area contributed by atoms with Gasteiger partial charge in [0.25, 0.3) is 5.91 Å². The van der Waals surface area contributed by atoms with Crippen LogP contribution in [-0.4, -0.2) is 62.1 Å². The van der Waals surface area contributed by atoms with E-state index in [1.165, 1.54) is 32.4 Å². The third-order valence-corrected chi connectivity index (χ3v) is 5.50. The Morgan fingerprint density at radius 3 is 2.48 bits per heavy atom. The Bertz CT molecular complexity index is 584. The van der Waals surface area contributed by atoms with E-state index in [1.54, 1.807) is 20.3 Å². The Morgan fingerprint density at radius 1 is 1.04 bits per heavy atom. The molecule has 1 atom stereocenters. The van der Waals surface area contributed by atoms with Crippen LogP contribution < -0.4 is 9.47 Å². The molecule has 0 saturated carbocycles. The molecule has 138 valence electrons. The maximum Gasteiger partial charge on any atom is 0.254 e.